The van der Waals surface area contributed by atoms with E-state index in [1.807, 2.05) is 57.8 Å². The van der Waals surface area contributed by atoms with Gasteiger partial charge in [-0.15, -0.1) is 0 Å². The molecular weight excluding hydrogens is 292 g/mol. The Morgan fingerprint density at radius 3 is 2.65 bits per heavy atom. The van der Waals surface area contributed by atoms with Crippen molar-refractivity contribution in [3.05, 3.63) is 40.4 Å². The van der Waals surface area contributed by atoms with Crippen molar-refractivity contribution in [1.82, 2.24) is 20.2 Å². The normalized spacial score (nSPS) is 13.3. The van der Waals surface area contributed by atoms with Crippen LogP contribution >= 0.6 is 0 Å². The molecule has 23 heavy (non-hydrogen) atoms. The Morgan fingerprint density at radius 2 is 2.00 bits per heavy atom. The van der Waals surface area contributed by atoms with Crippen LogP contribution in [0.25, 0.3) is 10.9 Å². The molecular formula is C17H24N4O2. The summed E-state index contributed by atoms with van der Waals surface area (Å²) in [4.78, 5) is 33.4. The molecule has 1 amide bonds. The number of hydrogen-bond donors (Lipinski definition) is 2. The number of fused-ring (bicyclic) bond motifs is 1. The van der Waals surface area contributed by atoms with Crippen LogP contribution in [0.15, 0.2) is 29.1 Å². The van der Waals surface area contributed by atoms with Crippen molar-refractivity contribution in [1.29, 1.82) is 0 Å². The van der Waals surface area contributed by atoms with E-state index in [-0.39, 0.29) is 29.6 Å². The number of aromatic nitrogens is 2. The van der Waals surface area contributed by atoms with Crippen LogP contribution in [0.3, 0.4) is 0 Å². The lowest BCUT2D eigenvalue weighted by molar-refractivity contribution is -0.123. The van der Waals surface area contributed by atoms with E-state index in [4.69, 9.17) is 0 Å². The number of likely N-dealkylation sites (N-methyl/N-ethyl adjacent to an activating group) is 1. The number of benzene rings is 1. The highest BCUT2D eigenvalue weighted by Gasteiger charge is 2.20. The summed E-state index contributed by atoms with van der Waals surface area (Å²) in [6.45, 7) is 7.97. The third-order valence-electron chi connectivity index (χ3n) is 3.60. The SMILES string of the molecule is C[C@@H](c1nc2ccccc2c(=O)[nH]1)N(C)CC(=O)NC(C)(C)C. The van der Waals surface area contributed by atoms with Crippen LogP contribution in [0.5, 0.6) is 0 Å². The topological polar surface area (TPSA) is 78.1 Å². The number of rotatable bonds is 4. The van der Waals surface area contributed by atoms with Crippen LogP contribution < -0.4 is 10.9 Å². The van der Waals surface area contributed by atoms with Crippen molar-refractivity contribution < 1.29 is 4.79 Å². The number of hydrogen-bond acceptors (Lipinski definition) is 4. The molecule has 1 heterocycles. The van der Waals surface area contributed by atoms with E-state index < -0.39 is 0 Å². The van der Waals surface area contributed by atoms with Crippen molar-refractivity contribution in [2.24, 2.45) is 0 Å². The highest BCUT2D eigenvalue weighted by Crippen LogP contribution is 2.15. The van der Waals surface area contributed by atoms with Crippen LogP contribution in [0, 0.1) is 0 Å². The summed E-state index contributed by atoms with van der Waals surface area (Å²) in [6, 6.07) is 7.04. The molecule has 0 radical (unpaired) electrons. The van der Waals surface area contributed by atoms with E-state index in [0.29, 0.717) is 16.7 Å². The standard InChI is InChI=1S/C17H24N4O2/c1-11(21(5)10-14(22)20-17(2,3)4)15-18-13-9-7-6-8-12(13)16(23)19-15/h6-9,11H,10H2,1-5H3,(H,20,22)(H,18,19,23)/t11-/m0/s1. The van der Waals surface area contributed by atoms with E-state index in [9.17, 15) is 9.59 Å². The van der Waals surface area contributed by atoms with Crippen molar-refractivity contribution in [3.8, 4) is 0 Å². The highest BCUT2D eigenvalue weighted by atomic mass is 16.2. The monoisotopic (exact) mass is 316 g/mol. The quantitative estimate of drug-likeness (QED) is 0.902. The predicted molar refractivity (Wildman–Crippen MR) is 91.3 cm³/mol. The summed E-state index contributed by atoms with van der Waals surface area (Å²) >= 11 is 0. The summed E-state index contributed by atoms with van der Waals surface area (Å²) in [5.74, 6) is 0.495. The lowest BCUT2D eigenvalue weighted by Gasteiger charge is -2.26. The largest absolute Gasteiger partial charge is 0.350 e. The predicted octanol–water partition coefficient (Wildman–Crippen LogP) is 1.83. The van der Waals surface area contributed by atoms with Crippen LogP contribution in [-0.2, 0) is 4.79 Å². The smallest absolute Gasteiger partial charge is 0.258 e. The van der Waals surface area contributed by atoms with Gasteiger partial charge in [-0.25, -0.2) is 4.98 Å². The van der Waals surface area contributed by atoms with Gasteiger partial charge in [0.2, 0.25) is 5.91 Å². The molecule has 2 aromatic rings. The van der Waals surface area contributed by atoms with Crippen molar-refractivity contribution in [2.45, 2.75) is 39.3 Å². The molecule has 2 rings (SSSR count). The Bertz CT molecular complexity index is 761. The Hall–Kier alpha value is -2.21. The fourth-order valence-electron chi connectivity index (χ4n) is 2.33. The lowest BCUT2D eigenvalue weighted by Crippen LogP contribution is -2.45. The van der Waals surface area contributed by atoms with Crippen LogP contribution in [0.2, 0.25) is 0 Å². The molecule has 1 atom stereocenters. The minimum absolute atomic E-state index is 0.0602. The number of para-hydroxylation sites is 1. The van der Waals surface area contributed by atoms with Gasteiger partial charge in [-0.3, -0.25) is 14.5 Å². The Balaban J connectivity index is 2.18. The van der Waals surface area contributed by atoms with E-state index in [0.717, 1.165) is 0 Å². The zero-order valence-corrected chi connectivity index (χ0v) is 14.3. The molecule has 0 saturated carbocycles. The van der Waals surface area contributed by atoms with E-state index >= 15 is 0 Å². The van der Waals surface area contributed by atoms with Gasteiger partial charge in [0.25, 0.3) is 5.56 Å². The minimum Gasteiger partial charge on any atom is -0.350 e. The Kier molecular flexibility index (Phi) is 4.85. The Labute approximate surface area is 135 Å². The number of carbonyl (C=O) groups excluding carboxylic acids is 1. The molecule has 124 valence electrons. The van der Waals surface area contributed by atoms with Gasteiger partial charge in [0.15, 0.2) is 0 Å². The highest BCUT2D eigenvalue weighted by molar-refractivity contribution is 5.79. The molecule has 0 aliphatic carbocycles. The lowest BCUT2D eigenvalue weighted by atomic mass is 10.1. The van der Waals surface area contributed by atoms with Crippen LogP contribution in [-0.4, -0.2) is 39.9 Å². The van der Waals surface area contributed by atoms with Crippen LogP contribution in [0.1, 0.15) is 39.6 Å². The average Bonchev–Trinajstić information content (AvgIpc) is 2.44. The molecule has 0 unspecified atom stereocenters. The number of H-pyrrole nitrogens is 1. The summed E-state index contributed by atoms with van der Waals surface area (Å²) in [5.41, 5.74) is 0.229. The molecule has 0 bridgehead atoms. The maximum atomic E-state index is 12.1. The summed E-state index contributed by atoms with van der Waals surface area (Å²) < 4.78 is 0. The van der Waals surface area contributed by atoms with E-state index in [2.05, 4.69) is 15.3 Å². The average molecular weight is 316 g/mol. The first-order chi connectivity index (χ1) is 10.7. The van der Waals surface area contributed by atoms with E-state index in [1.165, 1.54) is 0 Å². The Morgan fingerprint density at radius 1 is 1.35 bits per heavy atom. The first-order valence-electron chi connectivity index (χ1n) is 7.67. The molecule has 0 fully saturated rings. The third-order valence-corrected chi connectivity index (χ3v) is 3.60. The van der Waals surface area contributed by atoms with Gasteiger partial charge >= 0.3 is 0 Å². The molecule has 0 aliphatic heterocycles. The van der Waals surface area contributed by atoms with Gasteiger partial charge < -0.3 is 10.3 Å². The minimum atomic E-state index is -0.267. The molecule has 6 heteroatoms. The zero-order valence-electron chi connectivity index (χ0n) is 14.3. The summed E-state index contributed by atoms with van der Waals surface area (Å²) in [7, 11) is 1.84. The molecule has 0 spiro atoms. The van der Waals surface area contributed by atoms with Gasteiger partial charge in [0, 0.05) is 5.54 Å². The van der Waals surface area contributed by atoms with Crippen molar-refractivity contribution in [3.63, 3.8) is 0 Å². The number of nitrogens with zero attached hydrogens (tertiary/aromatic N) is 2. The fraction of sp³-hybridized carbons (Fsp3) is 0.471. The molecule has 1 aromatic heterocycles. The van der Waals surface area contributed by atoms with Crippen molar-refractivity contribution in [2.75, 3.05) is 13.6 Å². The third kappa shape index (κ3) is 4.39. The van der Waals surface area contributed by atoms with Gasteiger partial charge in [0.05, 0.1) is 23.5 Å². The molecule has 0 saturated heterocycles. The van der Waals surface area contributed by atoms with E-state index in [1.54, 1.807) is 6.07 Å². The van der Waals surface area contributed by atoms with Gasteiger partial charge in [0.1, 0.15) is 5.82 Å². The fourth-order valence-corrected chi connectivity index (χ4v) is 2.33. The van der Waals surface area contributed by atoms with Crippen molar-refractivity contribution >= 4 is 16.8 Å². The maximum absolute atomic E-state index is 12.1. The number of carbonyl (C=O) groups is 1. The molecule has 6 nitrogen and oxygen atoms in total. The second-order valence-corrected chi connectivity index (χ2v) is 6.86. The number of nitrogens with one attached hydrogen (secondary N) is 2. The first kappa shape index (κ1) is 17.1. The van der Waals surface area contributed by atoms with Gasteiger partial charge in [-0.05, 0) is 46.9 Å². The van der Waals surface area contributed by atoms with Gasteiger partial charge in [-0.1, -0.05) is 12.1 Å². The summed E-state index contributed by atoms with van der Waals surface area (Å²) in [5, 5.41) is 3.49. The summed E-state index contributed by atoms with van der Waals surface area (Å²) in [6.07, 6.45) is 0. The molecule has 2 N–H and O–H groups in total. The second-order valence-electron chi connectivity index (χ2n) is 6.86. The van der Waals surface area contributed by atoms with Crippen LogP contribution in [0.4, 0.5) is 0 Å². The number of aromatic amines is 1. The zero-order chi connectivity index (χ0) is 17.2. The first-order valence-corrected chi connectivity index (χ1v) is 7.67. The molecule has 1 aromatic carbocycles. The number of amides is 1. The maximum Gasteiger partial charge on any atom is 0.258 e. The van der Waals surface area contributed by atoms with Gasteiger partial charge in [-0.2, -0.15) is 0 Å². The second kappa shape index (κ2) is 6.50. The molecule has 0 aliphatic rings.